The van der Waals surface area contributed by atoms with Crippen molar-refractivity contribution < 1.29 is 15.0 Å². The van der Waals surface area contributed by atoms with Gasteiger partial charge in [0.25, 0.3) is 0 Å². The first-order valence-electron chi connectivity index (χ1n) is 6.95. The number of aliphatic hydroxyl groups is 1. The number of carboxylic acid groups (broad SMARTS) is 1. The van der Waals surface area contributed by atoms with E-state index in [2.05, 4.69) is 5.32 Å². The lowest BCUT2D eigenvalue weighted by Gasteiger charge is -2.32. The number of thioether (sulfide) groups is 1. The molecule has 5 heteroatoms. The third kappa shape index (κ3) is 3.27. The lowest BCUT2D eigenvalue weighted by molar-refractivity contribution is 0.0694. The number of aromatic carboxylic acids is 1. The minimum atomic E-state index is -0.909. The van der Waals surface area contributed by atoms with Gasteiger partial charge in [-0.2, -0.15) is 0 Å². The highest BCUT2D eigenvalue weighted by Crippen LogP contribution is 2.31. The molecule has 110 valence electrons. The van der Waals surface area contributed by atoms with Gasteiger partial charge in [-0.1, -0.05) is 18.9 Å². The van der Waals surface area contributed by atoms with E-state index in [0.717, 1.165) is 30.6 Å². The van der Waals surface area contributed by atoms with Gasteiger partial charge in [-0.05, 0) is 31.2 Å². The molecule has 1 saturated carbocycles. The third-order valence-corrected chi connectivity index (χ3v) is 4.72. The quantitative estimate of drug-likeness (QED) is 0.728. The van der Waals surface area contributed by atoms with Crippen LogP contribution in [0.3, 0.4) is 0 Å². The number of nitrogens with one attached hydrogen (secondary N) is 1. The topological polar surface area (TPSA) is 69.6 Å². The van der Waals surface area contributed by atoms with E-state index >= 15 is 0 Å². The summed E-state index contributed by atoms with van der Waals surface area (Å²) in [7, 11) is 0. The number of hydrogen-bond donors (Lipinski definition) is 3. The van der Waals surface area contributed by atoms with Crippen LogP contribution in [0.1, 0.15) is 36.0 Å². The smallest absolute Gasteiger partial charge is 0.338 e. The van der Waals surface area contributed by atoms with Crippen molar-refractivity contribution in [2.75, 3.05) is 18.2 Å². The van der Waals surface area contributed by atoms with E-state index in [-0.39, 0.29) is 18.6 Å². The molecule has 0 bridgehead atoms. The van der Waals surface area contributed by atoms with Crippen LogP contribution in [0.5, 0.6) is 0 Å². The van der Waals surface area contributed by atoms with Gasteiger partial charge in [0.05, 0.1) is 11.3 Å². The summed E-state index contributed by atoms with van der Waals surface area (Å²) in [6.45, 7) is 0.155. The maximum atomic E-state index is 11.5. The molecule has 1 fully saturated rings. The van der Waals surface area contributed by atoms with Crippen LogP contribution < -0.4 is 5.32 Å². The van der Waals surface area contributed by atoms with Gasteiger partial charge >= 0.3 is 5.97 Å². The average molecular weight is 295 g/mol. The number of rotatable bonds is 5. The Morgan fingerprint density at radius 2 is 2.15 bits per heavy atom. The van der Waals surface area contributed by atoms with E-state index in [1.165, 1.54) is 11.8 Å². The van der Waals surface area contributed by atoms with E-state index in [1.807, 2.05) is 24.5 Å². The van der Waals surface area contributed by atoms with Crippen molar-refractivity contribution in [1.82, 2.24) is 0 Å². The van der Waals surface area contributed by atoms with Gasteiger partial charge in [0.1, 0.15) is 0 Å². The Morgan fingerprint density at radius 3 is 2.80 bits per heavy atom. The summed E-state index contributed by atoms with van der Waals surface area (Å²) in [6, 6.07) is 5.66. The molecule has 0 radical (unpaired) electrons. The molecule has 1 aliphatic rings. The van der Waals surface area contributed by atoms with Crippen molar-refractivity contribution >= 4 is 23.4 Å². The number of aliphatic hydroxyl groups excluding tert-OH is 1. The highest BCUT2D eigenvalue weighted by molar-refractivity contribution is 7.98. The molecule has 0 spiro atoms. The zero-order valence-corrected chi connectivity index (χ0v) is 12.4. The Bertz CT molecular complexity index is 478. The first-order chi connectivity index (χ1) is 9.67. The number of carboxylic acids is 1. The number of anilines is 1. The van der Waals surface area contributed by atoms with Crippen LogP contribution >= 0.6 is 11.8 Å². The molecule has 1 aromatic carbocycles. The van der Waals surface area contributed by atoms with Crippen molar-refractivity contribution in [3.05, 3.63) is 23.8 Å². The highest BCUT2D eigenvalue weighted by Gasteiger charge is 2.26. The molecule has 0 heterocycles. The summed E-state index contributed by atoms with van der Waals surface area (Å²) in [5, 5.41) is 22.2. The molecule has 1 aliphatic carbocycles. The molecule has 0 amide bonds. The molecule has 2 rings (SSSR count). The van der Waals surface area contributed by atoms with Crippen molar-refractivity contribution in [2.45, 2.75) is 36.6 Å². The standard InChI is InChI=1S/C15H21NO3S/c1-20-13-8-4-7-12(14(13)15(18)19)16-11-6-3-2-5-10(11)9-17/h4,7-8,10-11,16-17H,2-3,5-6,9H2,1H3,(H,18,19). The van der Waals surface area contributed by atoms with Crippen molar-refractivity contribution in [3.63, 3.8) is 0 Å². The van der Waals surface area contributed by atoms with E-state index in [0.29, 0.717) is 11.3 Å². The highest BCUT2D eigenvalue weighted by atomic mass is 32.2. The van der Waals surface area contributed by atoms with Crippen LogP contribution in [0.15, 0.2) is 23.1 Å². The van der Waals surface area contributed by atoms with Gasteiger partial charge < -0.3 is 15.5 Å². The summed E-state index contributed by atoms with van der Waals surface area (Å²) >= 11 is 1.44. The van der Waals surface area contributed by atoms with Crippen LogP contribution in [0.25, 0.3) is 0 Å². The lowest BCUT2D eigenvalue weighted by Crippen LogP contribution is -2.34. The second-order valence-corrected chi connectivity index (χ2v) is 6.01. The van der Waals surface area contributed by atoms with Crippen LogP contribution in [0.2, 0.25) is 0 Å². The molecule has 4 nitrogen and oxygen atoms in total. The van der Waals surface area contributed by atoms with Gasteiger partial charge in [0.2, 0.25) is 0 Å². The van der Waals surface area contributed by atoms with Crippen LogP contribution in [-0.2, 0) is 0 Å². The molecule has 20 heavy (non-hydrogen) atoms. The van der Waals surface area contributed by atoms with Crippen molar-refractivity contribution in [2.24, 2.45) is 5.92 Å². The van der Waals surface area contributed by atoms with Crippen LogP contribution in [0.4, 0.5) is 5.69 Å². The second kappa shape index (κ2) is 6.99. The van der Waals surface area contributed by atoms with Gasteiger partial charge in [0, 0.05) is 23.5 Å². The SMILES string of the molecule is CSc1cccc(NC2CCCCC2CO)c1C(=O)O. The predicted octanol–water partition coefficient (Wildman–Crippen LogP) is 3.07. The fourth-order valence-electron chi connectivity index (χ4n) is 2.86. The summed E-state index contributed by atoms with van der Waals surface area (Å²) < 4.78 is 0. The molecule has 0 aromatic heterocycles. The number of hydrogen-bond acceptors (Lipinski definition) is 4. The predicted molar refractivity (Wildman–Crippen MR) is 81.6 cm³/mol. The molecular formula is C15H21NO3S. The Labute approximate surface area is 123 Å². The molecule has 2 atom stereocenters. The molecule has 2 unspecified atom stereocenters. The molecule has 3 N–H and O–H groups in total. The van der Waals surface area contributed by atoms with Crippen molar-refractivity contribution in [3.8, 4) is 0 Å². The number of carbonyl (C=O) groups is 1. The Kier molecular flexibility index (Phi) is 5.31. The first-order valence-corrected chi connectivity index (χ1v) is 8.17. The molecule has 1 aromatic rings. The van der Waals surface area contributed by atoms with E-state index in [9.17, 15) is 15.0 Å². The van der Waals surface area contributed by atoms with E-state index in [4.69, 9.17) is 0 Å². The monoisotopic (exact) mass is 295 g/mol. The Hall–Kier alpha value is -1.20. The average Bonchev–Trinajstić information content (AvgIpc) is 2.47. The minimum Gasteiger partial charge on any atom is -0.478 e. The summed E-state index contributed by atoms with van der Waals surface area (Å²) in [6.07, 6.45) is 6.12. The maximum absolute atomic E-state index is 11.5. The first kappa shape index (κ1) is 15.2. The summed E-state index contributed by atoms with van der Waals surface area (Å²) in [5.74, 6) is -0.697. The molecular weight excluding hydrogens is 274 g/mol. The third-order valence-electron chi connectivity index (χ3n) is 3.94. The maximum Gasteiger partial charge on any atom is 0.338 e. The minimum absolute atomic E-state index is 0.155. The van der Waals surface area contributed by atoms with Crippen LogP contribution in [0, 0.1) is 5.92 Å². The van der Waals surface area contributed by atoms with E-state index < -0.39 is 5.97 Å². The summed E-state index contributed by atoms with van der Waals surface area (Å²) in [4.78, 5) is 12.3. The number of benzene rings is 1. The Balaban J connectivity index is 2.26. The van der Waals surface area contributed by atoms with Gasteiger partial charge in [-0.3, -0.25) is 0 Å². The zero-order valence-electron chi connectivity index (χ0n) is 11.6. The second-order valence-electron chi connectivity index (χ2n) is 5.17. The molecule has 0 saturated heterocycles. The largest absolute Gasteiger partial charge is 0.478 e. The van der Waals surface area contributed by atoms with Gasteiger partial charge in [0.15, 0.2) is 0 Å². The van der Waals surface area contributed by atoms with Crippen LogP contribution in [-0.4, -0.2) is 35.1 Å². The Morgan fingerprint density at radius 1 is 1.40 bits per heavy atom. The normalized spacial score (nSPS) is 22.5. The fourth-order valence-corrected chi connectivity index (χ4v) is 3.47. The lowest BCUT2D eigenvalue weighted by atomic mass is 9.85. The van der Waals surface area contributed by atoms with E-state index in [1.54, 1.807) is 0 Å². The van der Waals surface area contributed by atoms with Crippen molar-refractivity contribution in [1.29, 1.82) is 0 Å². The summed E-state index contributed by atoms with van der Waals surface area (Å²) in [5.41, 5.74) is 0.997. The van der Waals surface area contributed by atoms with Gasteiger partial charge in [-0.25, -0.2) is 4.79 Å². The fraction of sp³-hybridized carbons (Fsp3) is 0.533. The zero-order chi connectivity index (χ0) is 14.5. The molecule has 0 aliphatic heterocycles. The van der Waals surface area contributed by atoms with Gasteiger partial charge in [-0.15, -0.1) is 11.8 Å².